The lowest BCUT2D eigenvalue weighted by atomic mass is 9.90. The predicted octanol–water partition coefficient (Wildman–Crippen LogP) is 1.67. The quantitative estimate of drug-likeness (QED) is 0.511. The van der Waals surface area contributed by atoms with Crippen LogP contribution in [0, 0.1) is 5.41 Å². The van der Waals surface area contributed by atoms with Gasteiger partial charge < -0.3 is 4.74 Å². The van der Waals surface area contributed by atoms with Gasteiger partial charge in [-0.1, -0.05) is 20.8 Å². The molecule has 82 valence electrons. The maximum Gasteiger partial charge on any atom is 0.320 e. The molecule has 0 amide bonds. The number of hydrogen-bond acceptors (Lipinski definition) is 3. The van der Waals surface area contributed by atoms with Crippen molar-refractivity contribution >= 4 is 5.97 Å². The summed E-state index contributed by atoms with van der Waals surface area (Å²) in [4.78, 5) is 13.4. The third-order valence-corrected chi connectivity index (χ3v) is 2.75. The van der Waals surface area contributed by atoms with Crippen molar-refractivity contribution in [2.24, 2.45) is 5.41 Å². The Kier molecular flexibility index (Phi) is 3.20. The molecule has 1 fully saturated rings. The summed E-state index contributed by atoms with van der Waals surface area (Å²) in [5.41, 5.74) is 0.256. The minimum Gasteiger partial charge on any atom is -0.465 e. The van der Waals surface area contributed by atoms with Gasteiger partial charge in [-0.25, -0.2) is 0 Å². The molecule has 0 aromatic heterocycles. The Morgan fingerprint density at radius 3 is 2.36 bits per heavy atom. The average Bonchev–Trinajstić information content (AvgIpc) is 2.60. The summed E-state index contributed by atoms with van der Waals surface area (Å²) in [5.74, 6) is -0.105. The molecular weight excluding hydrogens is 178 g/mol. The molecule has 0 N–H and O–H groups in total. The van der Waals surface area contributed by atoms with Gasteiger partial charge >= 0.3 is 5.97 Å². The van der Waals surface area contributed by atoms with Crippen LogP contribution >= 0.6 is 0 Å². The van der Waals surface area contributed by atoms with Crippen LogP contribution in [0.1, 0.15) is 34.6 Å². The smallest absolute Gasteiger partial charge is 0.320 e. The van der Waals surface area contributed by atoms with Gasteiger partial charge in [0.25, 0.3) is 0 Å². The van der Waals surface area contributed by atoms with Crippen LogP contribution in [0.3, 0.4) is 0 Å². The number of ether oxygens (including phenoxy) is 1. The molecule has 3 heteroatoms. The molecule has 1 unspecified atom stereocenters. The molecule has 0 saturated carbocycles. The van der Waals surface area contributed by atoms with Gasteiger partial charge in [0.05, 0.1) is 13.2 Å². The minimum absolute atomic E-state index is 0.105. The predicted molar refractivity (Wildman–Crippen MR) is 56.0 cm³/mol. The largest absolute Gasteiger partial charge is 0.465 e. The van der Waals surface area contributed by atoms with Crippen molar-refractivity contribution in [2.45, 2.75) is 46.7 Å². The SMILES string of the molecule is CCOC(=O)CN1[C@@H](C)[C@@H]1C(C)(C)C. The maximum atomic E-state index is 11.2. The Labute approximate surface area is 86.4 Å². The van der Waals surface area contributed by atoms with E-state index in [0.717, 1.165) is 0 Å². The van der Waals surface area contributed by atoms with Crippen LogP contribution < -0.4 is 0 Å². The van der Waals surface area contributed by atoms with Crippen molar-refractivity contribution in [3.05, 3.63) is 0 Å². The Morgan fingerprint density at radius 2 is 2.00 bits per heavy atom. The van der Waals surface area contributed by atoms with Gasteiger partial charge in [0.2, 0.25) is 0 Å². The minimum atomic E-state index is -0.105. The van der Waals surface area contributed by atoms with Crippen LogP contribution in [-0.4, -0.2) is 36.1 Å². The number of nitrogens with zero attached hydrogens (tertiary/aromatic N) is 1. The van der Waals surface area contributed by atoms with E-state index in [1.807, 2.05) is 6.92 Å². The molecule has 1 aliphatic heterocycles. The van der Waals surface area contributed by atoms with Gasteiger partial charge in [0.1, 0.15) is 0 Å². The van der Waals surface area contributed by atoms with E-state index < -0.39 is 0 Å². The molecule has 3 atom stereocenters. The molecule has 14 heavy (non-hydrogen) atoms. The third kappa shape index (κ3) is 2.47. The van der Waals surface area contributed by atoms with Gasteiger partial charge in [-0.3, -0.25) is 9.69 Å². The molecule has 1 heterocycles. The van der Waals surface area contributed by atoms with Crippen molar-refractivity contribution in [1.29, 1.82) is 0 Å². The average molecular weight is 199 g/mol. The van der Waals surface area contributed by atoms with E-state index in [1.165, 1.54) is 0 Å². The summed E-state index contributed by atoms with van der Waals surface area (Å²) >= 11 is 0. The van der Waals surface area contributed by atoms with Crippen LogP contribution in [0.25, 0.3) is 0 Å². The van der Waals surface area contributed by atoms with Crippen molar-refractivity contribution in [3.63, 3.8) is 0 Å². The molecule has 1 saturated heterocycles. The molecule has 0 radical (unpaired) electrons. The first-order valence-electron chi connectivity index (χ1n) is 5.29. The first-order valence-corrected chi connectivity index (χ1v) is 5.29. The highest BCUT2D eigenvalue weighted by Gasteiger charge is 2.51. The van der Waals surface area contributed by atoms with E-state index in [2.05, 4.69) is 32.6 Å². The highest BCUT2D eigenvalue weighted by molar-refractivity contribution is 5.72. The third-order valence-electron chi connectivity index (χ3n) is 2.75. The number of esters is 1. The second-order valence-corrected chi connectivity index (χ2v) is 5.03. The number of carbonyl (C=O) groups is 1. The zero-order chi connectivity index (χ0) is 10.9. The van der Waals surface area contributed by atoms with E-state index in [1.54, 1.807) is 0 Å². The first-order chi connectivity index (χ1) is 6.38. The Bertz CT molecular complexity index is 220. The lowest BCUT2D eigenvalue weighted by Gasteiger charge is -2.17. The highest BCUT2D eigenvalue weighted by atomic mass is 16.5. The molecule has 3 nitrogen and oxygen atoms in total. The Hall–Kier alpha value is -0.570. The topological polar surface area (TPSA) is 29.3 Å². The van der Waals surface area contributed by atoms with Crippen LogP contribution in [0.4, 0.5) is 0 Å². The molecule has 1 aliphatic rings. The summed E-state index contributed by atoms with van der Waals surface area (Å²) in [6.07, 6.45) is 0. The summed E-state index contributed by atoms with van der Waals surface area (Å²) in [7, 11) is 0. The van der Waals surface area contributed by atoms with Gasteiger partial charge in [-0.15, -0.1) is 0 Å². The Morgan fingerprint density at radius 1 is 1.43 bits per heavy atom. The number of carbonyl (C=O) groups excluding carboxylic acids is 1. The standard InChI is InChI=1S/C11H21NO2/c1-6-14-9(13)7-12-8(2)10(12)11(3,4)5/h8,10H,6-7H2,1-5H3/t8-,10+,12?/m0/s1. The number of rotatable bonds is 3. The molecule has 0 aliphatic carbocycles. The molecule has 0 aromatic rings. The fourth-order valence-corrected chi connectivity index (χ4v) is 2.23. The summed E-state index contributed by atoms with van der Waals surface area (Å²) < 4.78 is 4.92. The van der Waals surface area contributed by atoms with Crippen molar-refractivity contribution in [3.8, 4) is 0 Å². The lowest BCUT2D eigenvalue weighted by Crippen LogP contribution is -2.23. The van der Waals surface area contributed by atoms with E-state index in [4.69, 9.17) is 4.74 Å². The monoisotopic (exact) mass is 199 g/mol. The van der Waals surface area contributed by atoms with Gasteiger partial charge in [0.15, 0.2) is 0 Å². The molecule has 1 rings (SSSR count). The summed E-state index contributed by atoms with van der Waals surface area (Å²) in [6, 6.07) is 1.03. The molecular formula is C11H21NO2. The lowest BCUT2D eigenvalue weighted by molar-refractivity contribution is -0.143. The van der Waals surface area contributed by atoms with Crippen LogP contribution in [-0.2, 0) is 9.53 Å². The zero-order valence-corrected chi connectivity index (χ0v) is 9.83. The Balaban J connectivity index is 2.39. The molecule has 0 spiro atoms. The summed E-state index contributed by atoms with van der Waals surface area (Å²) in [5, 5.41) is 0. The van der Waals surface area contributed by atoms with E-state index in [0.29, 0.717) is 25.2 Å². The first kappa shape index (κ1) is 11.5. The van der Waals surface area contributed by atoms with Gasteiger partial charge in [-0.05, 0) is 19.3 Å². The highest BCUT2D eigenvalue weighted by Crippen LogP contribution is 2.40. The second kappa shape index (κ2) is 3.89. The maximum absolute atomic E-state index is 11.2. The molecule has 0 bridgehead atoms. The van der Waals surface area contributed by atoms with Crippen molar-refractivity contribution in [1.82, 2.24) is 4.90 Å². The fourth-order valence-electron chi connectivity index (χ4n) is 2.23. The zero-order valence-electron chi connectivity index (χ0n) is 9.83. The van der Waals surface area contributed by atoms with Crippen LogP contribution in [0.15, 0.2) is 0 Å². The van der Waals surface area contributed by atoms with Crippen molar-refractivity contribution in [2.75, 3.05) is 13.2 Å². The number of hydrogen-bond donors (Lipinski definition) is 0. The summed E-state index contributed by atoms with van der Waals surface area (Å²) in [6.45, 7) is 11.5. The van der Waals surface area contributed by atoms with E-state index in [9.17, 15) is 4.79 Å². The van der Waals surface area contributed by atoms with Crippen LogP contribution in [0.2, 0.25) is 0 Å². The second-order valence-electron chi connectivity index (χ2n) is 5.03. The van der Waals surface area contributed by atoms with E-state index >= 15 is 0 Å². The van der Waals surface area contributed by atoms with Crippen LogP contribution in [0.5, 0.6) is 0 Å². The van der Waals surface area contributed by atoms with E-state index in [-0.39, 0.29) is 11.4 Å². The molecule has 0 aromatic carbocycles. The van der Waals surface area contributed by atoms with Crippen molar-refractivity contribution < 1.29 is 9.53 Å². The fraction of sp³-hybridized carbons (Fsp3) is 0.909. The van der Waals surface area contributed by atoms with Gasteiger partial charge in [0, 0.05) is 12.1 Å². The normalized spacial score (nSPS) is 31.4. The van der Waals surface area contributed by atoms with Gasteiger partial charge in [-0.2, -0.15) is 0 Å².